The van der Waals surface area contributed by atoms with Crippen LogP contribution in [-0.2, 0) is 7.05 Å². The molecule has 0 radical (unpaired) electrons. The number of methoxy groups -OCH3 is 1. The van der Waals surface area contributed by atoms with Crippen LogP contribution < -0.4 is 10.1 Å². The van der Waals surface area contributed by atoms with Crippen molar-refractivity contribution < 1.29 is 9.53 Å². The molecular weight excluding hydrogens is 206 g/mol. The number of hydrogen-bond donors (Lipinski definition) is 1. The molecular formula is C11H19N3O2. The highest BCUT2D eigenvalue weighted by Gasteiger charge is 2.32. The molecule has 1 heterocycles. The highest BCUT2D eigenvalue weighted by molar-refractivity contribution is 6.03. The fourth-order valence-electron chi connectivity index (χ4n) is 1.64. The van der Waals surface area contributed by atoms with E-state index in [1.54, 1.807) is 17.9 Å². The number of aryl methyl sites for hydroxylation is 1. The molecule has 1 N–H and O–H groups in total. The van der Waals surface area contributed by atoms with Gasteiger partial charge in [0.05, 0.1) is 18.8 Å². The molecule has 0 atom stereocenters. The Hall–Kier alpha value is -1.36. The zero-order valence-corrected chi connectivity index (χ0v) is 10.5. The standard InChI is InChI=1S/C11H19N3O2/c1-6-12-11(2,3)10(15)9-8(16-5)7-13-14(9)4/h7,12H,6H2,1-5H3. The van der Waals surface area contributed by atoms with Crippen LogP contribution >= 0.6 is 0 Å². The first kappa shape index (κ1) is 12.7. The van der Waals surface area contributed by atoms with E-state index in [1.165, 1.54) is 7.11 Å². The number of carbonyl (C=O) groups excluding carboxylic acids is 1. The number of likely N-dealkylation sites (N-methyl/N-ethyl adjacent to an activating group) is 1. The van der Waals surface area contributed by atoms with Gasteiger partial charge < -0.3 is 10.1 Å². The largest absolute Gasteiger partial charge is 0.493 e. The molecule has 1 aromatic heterocycles. The number of hydrogen-bond acceptors (Lipinski definition) is 4. The Morgan fingerprint density at radius 3 is 2.75 bits per heavy atom. The van der Waals surface area contributed by atoms with Gasteiger partial charge in [0.1, 0.15) is 5.69 Å². The van der Waals surface area contributed by atoms with Crippen molar-refractivity contribution in [3.05, 3.63) is 11.9 Å². The summed E-state index contributed by atoms with van der Waals surface area (Å²) in [5.41, 5.74) is -0.121. The molecule has 0 saturated carbocycles. The van der Waals surface area contributed by atoms with Gasteiger partial charge in [0.2, 0.25) is 5.78 Å². The molecule has 0 aliphatic rings. The van der Waals surface area contributed by atoms with Crippen molar-refractivity contribution >= 4 is 5.78 Å². The van der Waals surface area contributed by atoms with Crippen LogP contribution in [0, 0.1) is 0 Å². The molecule has 5 heteroatoms. The van der Waals surface area contributed by atoms with Crippen molar-refractivity contribution in [3.63, 3.8) is 0 Å². The van der Waals surface area contributed by atoms with E-state index in [9.17, 15) is 4.79 Å². The molecule has 1 rings (SSSR count). The van der Waals surface area contributed by atoms with Gasteiger partial charge in [-0.05, 0) is 20.4 Å². The van der Waals surface area contributed by atoms with E-state index in [0.29, 0.717) is 11.4 Å². The molecule has 0 aliphatic heterocycles. The van der Waals surface area contributed by atoms with Crippen LogP contribution in [0.4, 0.5) is 0 Å². The third kappa shape index (κ3) is 2.24. The van der Waals surface area contributed by atoms with Gasteiger partial charge in [0.15, 0.2) is 5.75 Å². The lowest BCUT2D eigenvalue weighted by Gasteiger charge is -2.24. The van der Waals surface area contributed by atoms with Gasteiger partial charge in [0.25, 0.3) is 0 Å². The molecule has 0 aliphatic carbocycles. The van der Waals surface area contributed by atoms with Crippen LogP contribution in [-0.4, -0.2) is 34.8 Å². The Bertz CT molecular complexity index is 383. The number of nitrogens with zero attached hydrogens (tertiary/aromatic N) is 2. The zero-order valence-electron chi connectivity index (χ0n) is 10.5. The van der Waals surface area contributed by atoms with Crippen LogP contribution in [0.5, 0.6) is 5.75 Å². The van der Waals surface area contributed by atoms with Crippen molar-refractivity contribution in [2.75, 3.05) is 13.7 Å². The second-order valence-corrected chi connectivity index (χ2v) is 4.17. The fourth-order valence-corrected chi connectivity index (χ4v) is 1.64. The van der Waals surface area contributed by atoms with Crippen molar-refractivity contribution in [2.45, 2.75) is 26.3 Å². The smallest absolute Gasteiger partial charge is 0.204 e. The van der Waals surface area contributed by atoms with Crippen LogP contribution in [0.25, 0.3) is 0 Å². The van der Waals surface area contributed by atoms with Crippen LogP contribution in [0.15, 0.2) is 6.20 Å². The minimum absolute atomic E-state index is 0.0220. The average Bonchev–Trinajstić information content (AvgIpc) is 2.58. The molecule has 0 unspecified atom stereocenters. The third-order valence-electron chi connectivity index (χ3n) is 2.53. The van der Waals surface area contributed by atoms with Crippen LogP contribution in [0.1, 0.15) is 31.3 Å². The maximum absolute atomic E-state index is 12.3. The number of aromatic nitrogens is 2. The summed E-state index contributed by atoms with van der Waals surface area (Å²) in [6.45, 7) is 6.41. The lowest BCUT2D eigenvalue weighted by atomic mass is 9.96. The van der Waals surface area contributed by atoms with Gasteiger partial charge in [-0.2, -0.15) is 5.10 Å². The van der Waals surface area contributed by atoms with Gasteiger partial charge in [0, 0.05) is 7.05 Å². The van der Waals surface area contributed by atoms with E-state index in [4.69, 9.17) is 4.74 Å². The van der Waals surface area contributed by atoms with E-state index in [-0.39, 0.29) is 5.78 Å². The highest BCUT2D eigenvalue weighted by Crippen LogP contribution is 2.22. The quantitative estimate of drug-likeness (QED) is 0.759. The summed E-state index contributed by atoms with van der Waals surface area (Å²) in [6.07, 6.45) is 1.55. The summed E-state index contributed by atoms with van der Waals surface area (Å²) in [4.78, 5) is 12.3. The Morgan fingerprint density at radius 2 is 2.25 bits per heavy atom. The van der Waals surface area contributed by atoms with E-state index in [2.05, 4.69) is 10.4 Å². The van der Waals surface area contributed by atoms with Crippen LogP contribution in [0.3, 0.4) is 0 Å². The molecule has 16 heavy (non-hydrogen) atoms. The minimum Gasteiger partial charge on any atom is -0.493 e. The Balaban J connectivity index is 3.08. The van der Waals surface area contributed by atoms with Gasteiger partial charge in [-0.15, -0.1) is 0 Å². The SMILES string of the molecule is CCNC(C)(C)C(=O)c1c(OC)cnn1C. The van der Waals surface area contributed by atoms with Crippen LogP contribution in [0.2, 0.25) is 0 Å². The number of ether oxygens (including phenoxy) is 1. The molecule has 1 aromatic rings. The van der Waals surface area contributed by atoms with Crippen molar-refractivity contribution in [3.8, 4) is 5.75 Å². The monoisotopic (exact) mass is 225 g/mol. The fraction of sp³-hybridized carbons (Fsp3) is 0.636. The van der Waals surface area contributed by atoms with Crippen molar-refractivity contribution in [1.82, 2.24) is 15.1 Å². The Kier molecular flexibility index (Phi) is 3.70. The third-order valence-corrected chi connectivity index (χ3v) is 2.53. The first-order valence-electron chi connectivity index (χ1n) is 5.29. The topological polar surface area (TPSA) is 56.1 Å². The van der Waals surface area contributed by atoms with Gasteiger partial charge in [-0.3, -0.25) is 9.48 Å². The molecule has 0 spiro atoms. The highest BCUT2D eigenvalue weighted by atomic mass is 16.5. The first-order chi connectivity index (χ1) is 7.44. The second-order valence-electron chi connectivity index (χ2n) is 4.17. The van der Waals surface area contributed by atoms with E-state index in [0.717, 1.165) is 6.54 Å². The number of carbonyl (C=O) groups is 1. The van der Waals surface area contributed by atoms with Crippen molar-refractivity contribution in [2.24, 2.45) is 7.05 Å². The first-order valence-corrected chi connectivity index (χ1v) is 5.29. The molecule has 0 fully saturated rings. The average molecular weight is 225 g/mol. The molecule has 90 valence electrons. The minimum atomic E-state index is -0.615. The maximum atomic E-state index is 12.3. The summed E-state index contributed by atoms with van der Waals surface area (Å²) in [5.74, 6) is 0.490. The predicted octanol–water partition coefficient (Wildman–Crippen LogP) is 0.999. The Morgan fingerprint density at radius 1 is 1.62 bits per heavy atom. The van der Waals surface area contributed by atoms with E-state index >= 15 is 0 Å². The summed E-state index contributed by atoms with van der Waals surface area (Å²) >= 11 is 0. The lowest BCUT2D eigenvalue weighted by molar-refractivity contribution is 0.0870. The zero-order chi connectivity index (χ0) is 12.3. The van der Waals surface area contributed by atoms with E-state index < -0.39 is 5.54 Å². The van der Waals surface area contributed by atoms with Gasteiger partial charge >= 0.3 is 0 Å². The molecule has 5 nitrogen and oxygen atoms in total. The summed E-state index contributed by atoms with van der Waals surface area (Å²) in [6, 6.07) is 0. The van der Waals surface area contributed by atoms with Gasteiger partial charge in [-0.1, -0.05) is 6.92 Å². The number of ketones is 1. The molecule has 0 amide bonds. The van der Waals surface area contributed by atoms with E-state index in [1.807, 2.05) is 20.8 Å². The number of nitrogens with one attached hydrogen (secondary N) is 1. The summed E-state index contributed by atoms with van der Waals surface area (Å²) in [5, 5.41) is 7.17. The molecule has 0 bridgehead atoms. The predicted molar refractivity (Wildman–Crippen MR) is 61.8 cm³/mol. The number of rotatable bonds is 5. The molecule has 0 saturated heterocycles. The molecule has 0 aromatic carbocycles. The van der Waals surface area contributed by atoms with Crippen molar-refractivity contribution in [1.29, 1.82) is 0 Å². The lowest BCUT2D eigenvalue weighted by Crippen LogP contribution is -2.47. The maximum Gasteiger partial charge on any atom is 0.204 e. The summed E-state index contributed by atoms with van der Waals surface area (Å²) in [7, 11) is 3.27. The second kappa shape index (κ2) is 4.65. The number of Topliss-reactive ketones (excluding diaryl/α,β-unsaturated/α-hetero) is 1. The summed E-state index contributed by atoms with van der Waals surface area (Å²) < 4.78 is 6.67. The normalized spacial score (nSPS) is 11.6. The Labute approximate surface area is 95.8 Å². The van der Waals surface area contributed by atoms with Gasteiger partial charge in [-0.25, -0.2) is 0 Å².